The number of nitrogens with zero attached hydrogens (tertiary/aromatic N) is 3. The molecule has 7 nitrogen and oxygen atoms in total. The van der Waals surface area contributed by atoms with Crippen LogP contribution in [0.25, 0.3) is 11.1 Å². The third-order valence-corrected chi connectivity index (χ3v) is 5.61. The summed E-state index contributed by atoms with van der Waals surface area (Å²) in [5.41, 5.74) is 2.07. The van der Waals surface area contributed by atoms with E-state index in [1.165, 1.54) is 4.57 Å². The van der Waals surface area contributed by atoms with Crippen molar-refractivity contribution in [2.24, 2.45) is 13.0 Å². The van der Waals surface area contributed by atoms with Crippen molar-refractivity contribution in [3.8, 4) is 0 Å². The first-order valence-electron chi connectivity index (χ1n) is 9.18. The standard InChI is InChI=1S/C19H23N3O4/c1-20-15-11-13(5-6-16(15)26-19(20)25)12-17(23)21-7-9-22(10-8-21)18(24)14-3-2-4-14/h5-6,11,14H,2-4,7-10,12H2,1H3. The zero-order valence-electron chi connectivity index (χ0n) is 14.9. The Bertz CT molecular complexity index is 901. The number of oxazole rings is 1. The highest BCUT2D eigenvalue weighted by Gasteiger charge is 2.32. The Morgan fingerprint density at radius 1 is 1.12 bits per heavy atom. The number of fused-ring (bicyclic) bond motifs is 1. The molecular formula is C19H23N3O4. The van der Waals surface area contributed by atoms with Gasteiger partial charge in [-0.05, 0) is 30.5 Å². The average Bonchev–Trinajstić information content (AvgIpc) is 2.88. The molecule has 7 heteroatoms. The lowest BCUT2D eigenvalue weighted by atomic mass is 9.84. The monoisotopic (exact) mass is 357 g/mol. The molecule has 0 bridgehead atoms. The minimum Gasteiger partial charge on any atom is -0.408 e. The Morgan fingerprint density at radius 2 is 1.81 bits per heavy atom. The summed E-state index contributed by atoms with van der Waals surface area (Å²) < 4.78 is 6.56. The zero-order chi connectivity index (χ0) is 18.3. The van der Waals surface area contributed by atoms with E-state index in [1.807, 2.05) is 21.9 Å². The number of carbonyl (C=O) groups excluding carboxylic acids is 2. The summed E-state index contributed by atoms with van der Waals surface area (Å²) in [6.45, 7) is 2.42. The van der Waals surface area contributed by atoms with Gasteiger partial charge in [0, 0.05) is 39.1 Å². The minimum absolute atomic E-state index is 0.0496. The second-order valence-corrected chi connectivity index (χ2v) is 7.24. The molecule has 1 saturated carbocycles. The molecule has 4 rings (SSSR count). The van der Waals surface area contributed by atoms with E-state index < -0.39 is 5.76 Å². The van der Waals surface area contributed by atoms with Crippen molar-refractivity contribution in [1.82, 2.24) is 14.4 Å². The summed E-state index contributed by atoms with van der Waals surface area (Å²) in [6.07, 6.45) is 3.46. The van der Waals surface area contributed by atoms with Crippen molar-refractivity contribution in [3.63, 3.8) is 0 Å². The molecule has 0 atom stereocenters. The van der Waals surface area contributed by atoms with Crippen LogP contribution in [0.4, 0.5) is 0 Å². The van der Waals surface area contributed by atoms with E-state index in [9.17, 15) is 14.4 Å². The van der Waals surface area contributed by atoms with Crippen LogP contribution in [0.1, 0.15) is 24.8 Å². The van der Waals surface area contributed by atoms with E-state index in [-0.39, 0.29) is 24.2 Å². The highest BCUT2D eigenvalue weighted by atomic mass is 16.4. The second-order valence-electron chi connectivity index (χ2n) is 7.24. The molecule has 0 spiro atoms. The maximum atomic E-state index is 12.6. The first-order chi connectivity index (χ1) is 12.5. The van der Waals surface area contributed by atoms with Gasteiger partial charge >= 0.3 is 5.76 Å². The van der Waals surface area contributed by atoms with Crippen LogP contribution in [-0.2, 0) is 23.1 Å². The fraction of sp³-hybridized carbons (Fsp3) is 0.526. The van der Waals surface area contributed by atoms with Crippen LogP contribution in [0.5, 0.6) is 0 Å². The summed E-state index contributed by atoms with van der Waals surface area (Å²) >= 11 is 0. The van der Waals surface area contributed by atoms with Gasteiger partial charge in [-0.3, -0.25) is 14.2 Å². The molecule has 1 aliphatic carbocycles. The number of rotatable bonds is 3. The van der Waals surface area contributed by atoms with Gasteiger partial charge in [0.25, 0.3) is 0 Å². The summed E-state index contributed by atoms with van der Waals surface area (Å²) in [5.74, 6) is 0.115. The second kappa shape index (κ2) is 6.63. The molecule has 138 valence electrons. The Hall–Kier alpha value is -2.57. The third kappa shape index (κ3) is 3.02. The molecule has 2 heterocycles. The molecular weight excluding hydrogens is 334 g/mol. The van der Waals surface area contributed by atoms with Crippen LogP contribution < -0.4 is 5.76 Å². The molecule has 1 aromatic heterocycles. The van der Waals surface area contributed by atoms with Crippen molar-refractivity contribution in [2.75, 3.05) is 26.2 Å². The van der Waals surface area contributed by atoms with Gasteiger partial charge < -0.3 is 14.2 Å². The Morgan fingerprint density at radius 3 is 2.46 bits per heavy atom. The summed E-state index contributed by atoms with van der Waals surface area (Å²) in [6, 6.07) is 5.38. The lowest BCUT2D eigenvalue weighted by molar-refractivity contribution is -0.143. The van der Waals surface area contributed by atoms with Crippen LogP contribution >= 0.6 is 0 Å². The molecule has 1 saturated heterocycles. The molecule has 1 aliphatic heterocycles. The van der Waals surface area contributed by atoms with Crippen LogP contribution in [0, 0.1) is 5.92 Å². The summed E-state index contributed by atoms with van der Waals surface area (Å²) in [7, 11) is 1.65. The number of hydrogen-bond acceptors (Lipinski definition) is 4. The van der Waals surface area contributed by atoms with Gasteiger partial charge in [0.1, 0.15) is 0 Å². The SMILES string of the molecule is Cn1c(=O)oc2ccc(CC(=O)N3CCN(C(=O)C4CCC4)CC3)cc21. The molecule has 2 aromatic rings. The Kier molecular flexibility index (Phi) is 4.30. The molecule has 0 unspecified atom stereocenters. The molecule has 2 aliphatic rings. The lowest BCUT2D eigenvalue weighted by Gasteiger charge is -2.38. The van der Waals surface area contributed by atoms with Crippen molar-refractivity contribution in [3.05, 3.63) is 34.3 Å². The van der Waals surface area contributed by atoms with Gasteiger partial charge in [0.05, 0.1) is 11.9 Å². The van der Waals surface area contributed by atoms with Gasteiger partial charge in [-0.2, -0.15) is 0 Å². The summed E-state index contributed by atoms with van der Waals surface area (Å²) in [5, 5.41) is 0. The van der Waals surface area contributed by atoms with E-state index in [0.717, 1.165) is 24.8 Å². The average molecular weight is 357 g/mol. The molecule has 0 N–H and O–H groups in total. The number of aromatic nitrogens is 1. The van der Waals surface area contributed by atoms with Gasteiger partial charge in [0.15, 0.2) is 5.58 Å². The van der Waals surface area contributed by atoms with Gasteiger partial charge in [-0.1, -0.05) is 12.5 Å². The lowest BCUT2D eigenvalue weighted by Crippen LogP contribution is -2.52. The number of hydrogen-bond donors (Lipinski definition) is 0. The highest BCUT2D eigenvalue weighted by Crippen LogP contribution is 2.28. The number of carbonyl (C=O) groups is 2. The fourth-order valence-corrected chi connectivity index (χ4v) is 3.66. The largest absolute Gasteiger partial charge is 0.419 e. The first kappa shape index (κ1) is 16.9. The maximum absolute atomic E-state index is 12.6. The van der Waals surface area contributed by atoms with Crippen LogP contribution in [0.2, 0.25) is 0 Å². The maximum Gasteiger partial charge on any atom is 0.419 e. The summed E-state index contributed by atoms with van der Waals surface area (Å²) in [4.78, 5) is 40.2. The van der Waals surface area contributed by atoms with Crippen molar-refractivity contribution in [2.45, 2.75) is 25.7 Å². The minimum atomic E-state index is -0.407. The van der Waals surface area contributed by atoms with Gasteiger partial charge in [-0.25, -0.2) is 4.79 Å². The predicted molar refractivity (Wildman–Crippen MR) is 95.7 cm³/mol. The van der Waals surface area contributed by atoms with E-state index in [0.29, 0.717) is 37.3 Å². The quantitative estimate of drug-likeness (QED) is 0.826. The molecule has 2 fully saturated rings. The Labute approximate surface area is 151 Å². The Balaban J connectivity index is 1.37. The number of aryl methyl sites for hydroxylation is 1. The van der Waals surface area contributed by atoms with Crippen LogP contribution in [-0.4, -0.2) is 52.4 Å². The molecule has 2 amide bonds. The van der Waals surface area contributed by atoms with Crippen LogP contribution in [0.15, 0.2) is 27.4 Å². The van der Waals surface area contributed by atoms with E-state index >= 15 is 0 Å². The van der Waals surface area contributed by atoms with Gasteiger partial charge in [-0.15, -0.1) is 0 Å². The normalized spacial score (nSPS) is 18.2. The zero-order valence-corrected chi connectivity index (χ0v) is 14.9. The molecule has 26 heavy (non-hydrogen) atoms. The van der Waals surface area contributed by atoms with Crippen molar-refractivity contribution in [1.29, 1.82) is 0 Å². The van der Waals surface area contributed by atoms with E-state index in [1.54, 1.807) is 13.1 Å². The first-order valence-corrected chi connectivity index (χ1v) is 9.18. The van der Waals surface area contributed by atoms with Crippen molar-refractivity contribution < 1.29 is 14.0 Å². The van der Waals surface area contributed by atoms with E-state index in [2.05, 4.69) is 0 Å². The smallest absolute Gasteiger partial charge is 0.408 e. The third-order valence-electron chi connectivity index (χ3n) is 5.61. The number of piperazine rings is 1. The number of amides is 2. The van der Waals surface area contributed by atoms with Crippen molar-refractivity contribution >= 4 is 22.9 Å². The van der Waals surface area contributed by atoms with Crippen LogP contribution in [0.3, 0.4) is 0 Å². The fourth-order valence-electron chi connectivity index (χ4n) is 3.66. The van der Waals surface area contributed by atoms with E-state index in [4.69, 9.17) is 4.42 Å². The molecule has 0 radical (unpaired) electrons. The topological polar surface area (TPSA) is 75.8 Å². The number of benzene rings is 1. The van der Waals surface area contributed by atoms with Gasteiger partial charge in [0.2, 0.25) is 11.8 Å². The highest BCUT2D eigenvalue weighted by molar-refractivity contribution is 5.82. The predicted octanol–water partition coefficient (Wildman–Crippen LogP) is 1.14. The molecule has 1 aromatic carbocycles.